The average molecular weight is 339 g/mol. The van der Waals surface area contributed by atoms with E-state index in [0.29, 0.717) is 23.8 Å². The van der Waals surface area contributed by atoms with Crippen molar-refractivity contribution in [1.82, 2.24) is 9.78 Å². The molecule has 2 aromatic rings. The number of nitrogens with one attached hydrogen (secondary N) is 1. The van der Waals surface area contributed by atoms with Crippen LogP contribution in [-0.4, -0.2) is 21.7 Å². The molecule has 1 aliphatic carbocycles. The van der Waals surface area contributed by atoms with Crippen LogP contribution in [0.1, 0.15) is 30.1 Å². The van der Waals surface area contributed by atoms with E-state index in [4.69, 9.17) is 5.73 Å². The molecule has 3 N–H and O–H groups in total. The second kappa shape index (κ2) is 6.80. The van der Waals surface area contributed by atoms with Crippen molar-refractivity contribution in [3.05, 3.63) is 54.4 Å². The van der Waals surface area contributed by atoms with Gasteiger partial charge in [-0.1, -0.05) is 12.6 Å². The van der Waals surface area contributed by atoms with Gasteiger partial charge in [-0.3, -0.25) is 9.48 Å². The fourth-order valence-corrected chi connectivity index (χ4v) is 2.72. The highest BCUT2D eigenvalue weighted by atomic mass is 16.2. The molecule has 0 radical (unpaired) electrons. The van der Waals surface area contributed by atoms with E-state index in [-0.39, 0.29) is 5.91 Å². The number of carbonyl (C=O) groups excluding carboxylic acids is 2. The molecule has 7 nitrogen and oxygen atoms in total. The molecule has 3 rings (SSSR count). The van der Waals surface area contributed by atoms with Crippen molar-refractivity contribution >= 4 is 23.3 Å². The number of hydrogen-bond acceptors (Lipinski definition) is 3. The van der Waals surface area contributed by atoms with Gasteiger partial charge >= 0.3 is 6.03 Å². The summed E-state index contributed by atoms with van der Waals surface area (Å²) in [6, 6.07) is 8.35. The van der Waals surface area contributed by atoms with Crippen LogP contribution >= 0.6 is 0 Å². The Hall–Kier alpha value is -3.09. The Morgan fingerprint density at radius 3 is 2.84 bits per heavy atom. The first kappa shape index (κ1) is 16.8. The summed E-state index contributed by atoms with van der Waals surface area (Å²) in [7, 11) is 1.88. The van der Waals surface area contributed by atoms with Crippen molar-refractivity contribution in [3.8, 4) is 0 Å². The van der Waals surface area contributed by atoms with Gasteiger partial charge in [0.05, 0.1) is 17.9 Å². The monoisotopic (exact) mass is 339 g/mol. The molecule has 1 saturated carbocycles. The van der Waals surface area contributed by atoms with Crippen molar-refractivity contribution in [2.75, 3.05) is 10.2 Å². The van der Waals surface area contributed by atoms with E-state index >= 15 is 0 Å². The van der Waals surface area contributed by atoms with Gasteiger partial charge in [0, 0.05) is 24.3 Å². The predicted molar refractivity (Wildman–Crippen MR) is 96.2 cm³/mol. The molecule has 0 atom stereocenters. The van der Waals surface area contributed by atoms with E-state index in [1.54, 1.807) is 29.2 Å². The zero-order valence-corrected chi connectivity index (χ0v) is 14.1. The molecule has 0 aliphatic heterocycles. The molecule has 0 saturated heterocycles. The maximum Gasteiger partial charge on any atom is 0.316 e. The Bertz CT molecular complexity index is 823. The number of nitrogens with zero attached hydrogens (tertiary/aromatic N) is 3. The minimum Gasteiger partial charge on any atom is -0.351 e. The summed E-state index contributed by atoms with van der Waals surface area (Å²) in [5.74, 6) is 0.317. The van der Waals surface area contributed by atoms with Crippen LogP contribution in [0.4, 0.5) is 16.2 Å². The van der Waals surface area contributed by atoms with Crippen molar-refractivity contribution in [3.63, 3.8) is 0 Å². The van der Waals surface area contributed by atoms with Gasteiger partial charge < -0.3 is 16.0 Å². The Labute approximate surface area is 146 Å². The van der Waals surface area contributed by atoms with Crippen LogP contribution in [0, 0.1) is 0 Å². The second-order valence-corrected chi connectivity index (χ2v) is 6.13. The molecular weight excluding hydrogens is 318 g/mol. The first-order chi connectivity index (χ1) is 12.0. The molecule has 3 amide bonds. The number of nitrogens with two attached hydrogens (primary N) is 1. The average Bonchev–Trinajstić information content (AvgIpc) is 3.36. The van der Waals surface area contributed by atoms with Gasteiger partial charge in [0.2, 0.25) is 0 Å². The highest BCUT2D eigenvalue weighted by molar-refractivity contribution is 6.01. The van der Waals surface area contributed by atoms with Crippen molar-refractivity contribution in [2.45, 2.75) is 25.3 Å². The van der Waals surface area contributed by atoms with E-state index < -0.39 is 6.03 Å². The predicted octanol–water partition coefficient (Wildman–Crippen LogP) is 2.51. The molecule has 25 heavy (non-hydrogen) atoms. The highest BCUT2D eigenvalue weighted by Crippen LogP contribution is 2.39. The fraction of sp³-hybridized carbons (Fsp3) is 0.278. The molecule has 130 valence electrons. The Morgan fingerprint density at radius 2 is 2.20 bits per heavy atom. The third-order valence-corrected chi connectivity index (χ3v) is 4.18. The van der Waals surface area contributed by atoms with Crippen LogP contribution in [0.25, 0.3) is 0 Å². The third-order valence-electron chi connectivity index (χ3n) is 4.18. The molecule has 0 unspecified atom stereocenters. The zero-order chi connectivity index (χ0) is 18.0. The number of anilines is 2. The van der Waals surface area contributed by atoms with Crippen LogP contribution < -0.4 is 16.0 Å². The number of hydrogen-bond donors (Lipinski definition) is 2. The maximum absolute atomic E-state index is 12.4. The zero-order valence-electron chi connectivity index (χ0n) is 14.1. The van der Waals surface area contributed by atoms with Gasteiger partial charge in [-0.2, -0.15) is 5.10 Å². The van der Waals surface area contributed by atoms with Gasteiger partial charge in [-0.05, 0) is 43.2 Å². The summed E-state index contributed by atoms with van der Waals surface area (Å²) in [4.78, 5) is 25.0. The first-order valence-corrected chi connectivity index (χ1v) is 8.11. The van der Waals surface area contributed by atoms with E-state index in [9.17, 15) is 9.59 Å². The van der Waals surface area contributed by atoms with Gasteiger partial charge in [0.25, 0.3) is 5.91 Å². The summed E-state index contributed by atoms with van der Waals surface area (Å²) in [5.41, 5.74) is 8.34. The first-order valence-electron chi connectivity index (χ1n) is 8.11. The highest BCUT2D eigenvalue weighted by Gasteiger charge is 2.27. The van der Waals surface area contributed by atoms with Crippen LogP contribution in [0.2, 0.25) is 0 Å². The van der Waals surface area contributed by atoms with Crippen LogP contribution in [0.5, 0.6) is 0 Å². The van der Waals surface area contributed by atoms with Crippen LogP contribution in [0.3, 0.4) is 0 Å². The molecule has 1 aromatic carbocycles. The lowest BCUT2D eigenvalue weighted by Crippen LogP contribution is -2.29. The minimum atomic E-state index is -0.653. The summed E-state index contributed by atoms with van der Waals surface area (Å²) in [6.07, 6.45) is 3.62. The van der Waals surface area contributed by atoms with E-state index in [2.05, 4.69) is 17.0 Å². The number of aromatic nitrogens is 2. The standard InChI is InChI=1S/C18H21N5O2/c1-3-17(24)23(14-6-4-5-13(9-14)20-18(19)25)11-15-10-16(12-7-8-12)21-22(15)2/h3-6,9-10,12H,1,7-8,11H2,2H3,(H3,19,20,25). The lowest BCUT2D eigenvalue weighted by Gasteiger charge is -2.22. The van der Waals surface area contributed by atoms with Gasteiger partial charge in [-0.25, -0.2) is 4.79 Å². The van der Waals surface area contributed by atoms with Gasteiger partial charge in [0.15, 0.2) is 0 Å². The van der Waals surface area contributed by atoms with Crippen molar-refractivity contribution in [2.24, 2.45) is 12.8 Å². The summed E-state index contributed by atoms with van der Waals surface area (Å²) < 4.78 is 1.81. The number of benzene rings is 1. The number of primary amides is 1. The largest absolute Gasteiger partial charge is 0.351 e. The maximum atomic E-state index is 12.4. The summed E-state index contributed by atoms with van der Waals surface area (Å²) in [6.45, 7) is 3.94. The van der Waals surface area contributed by atoms with E-state index in [1.807, 2.05) is 17.8 Å². The number of aryl methyl sites for hydroxylation is 1. The smallest absolute Gasteiger partial charge is 0.316 e. The molecule has 1 heterocycles. The number of rotatable bonds is 6. The second-order valence-electron chi connectivity index (χ2n) is 6.13. The number of urea groups is 1. The van der Waals surface area contributed by atoms with E-state index in [1.165, 1.54) is 18.9 Å². The lowest BCUT2D eigenvalue weighted by molar-refractivity contribution is -0.114. The quantitative estimate of drug-likeness (QED) is 0.792. The topological polar surface area (TPSA) is 93.2 Å². The summed E-state index contributed by atoms with van der Waals surface area (Å²) >= 11 is 0. The van der Waals surface area contributed by atoms with Crippen LogP contribution in [0.15, 0.2) is 43.0 Å². The molecule has 1 aliphatic rings. The Kier molecular flexibility index (Phi) is 4.56. The Balaban J connectivity index is 1.88. The van der Waals surface area contributed by atoms with Crippen molar-refractivity contribution in [1.29, 1.82) is 0 Å². The Morgan fingerprint density at radius 1 is 1.44 bits per heavy atom. The van der Waals surface area contributed by atoms with Crippen molar-refractivity contribution < 1.29 is 9.59 Å². The minimum absolute atomic E-state index is 0.231. The third kappa shape index (κ3) is 3.88. The van der Waals surface area contributed by atoms with E-state index in [0.717, 1.165) is 11.4 Å². The van der Waals surface area contributed by atoms with Gasteiger partial charge in [-0.15, -0.1) is 0 Å². The van der Waals surface area contributed by atoms with Gasteiger partial charge in [0.1, 0.15) is 0 Å². The fourth-order valence-electron chi connectivity index (χ4n) is 2.72. The SMILES string of the molecule is C=CC(=O)N(Cc1cc(C2CC2)nn1C)c1cccc(NC(N)=O)c1. The normalized spacial score (nSPS) is 13.3. The molecule has 0 bridgehead atoms. The lowest BCUT2D eigenvalue weighted by atomic mass is 10.2. The number of amides is 3. The molecular formula is C18H21N5O2. The molecule has 1 fully saturated rings. The molecule has 0 spiro atoms. The molecule has 7 heteroatoms. The summed E-state index contributed by atoms with van der Waals surface area (Å²) in [5, 5.41) is 7.06. The van der Waals surface area contributed by atoms with Crippen LogP contribution in [-0.2, 0) is 18.4 Å². The molecule has 1 aromatic heterocycles. The number of carbonyl (C=O) groups is 2.